The van der Waals surface area contributed by atoms with E-state index in [4.69, 9.17) is 21.7 Å². The quantitative estimate of drug-likeness (QED) is 0.413. The van der Waals surface area contributed by atoms with Crippen LogP contribution in [0.4, 0.5) is 5.00 Å². The molecule has 1 aromatic carbocycles. The first-order valence-electron chi connectivity index (χ1n) is 9.53. The molecule has 0 saturated carbocycles. The fourth-order valence-corrected chi connectivity index (χ4v) is 5.07. The van der Waals surface area contributed by atoms with Gasteiger partial charge in [-0.2, -0.15) is 0 Å². The van der Waals surface area contributed by atoms with Crippen LogP contribution in [0.2, 0.25) is 0 Å². The van der Waals surface area contributed by atoms with E-state index in [1.54, 1.807) is 18.4 Å². The number of methoxy groups -OCH3 is 2. The molecule has 28 heavy (non-hydrogen) atoms. The Hall–Kier alpha value is -2.12. The van der Waals surface area contributed by atoms with Crippen LogP contribution >= 0.6 is 23.6 Å². The van der Waals surface area contributed by atoms with Crippen molar-refractivity contribution in [1.82, 2.24) is 5.32 Å². The molecule has 1 aliphatic rings. The number of esters is 1. The van der Waals surface area contributed by atoms with Gasteiger partial charge in [-0.25, -0.2) is 4.79 Å². The third kappa shape index (κ3) is 4.83. The van der Waals surface area contributed by atoms with Crippen LogP contribution < -0.4 is 15.4 Å². The monoisotopic (exact) mass is 418 g/mol. The lowest BCUT2D eigenvalue weighted by Crippen LogP contribution is -2.30. The minimum absolute atomic E-state index is 0.293. The van der Waals surface area contributed by atoms with E-state index in [0.29, 0.717) is 17.2 Å². The molecule has 7 heteroatoms. The van der Waals surface area contributed by atoms with Crippen LogP contribution in [-0.4, -0.2) is 31.8 Å². The average molecular weight is 419 g/mol. The van der Waals surface area contributed by atoms with Crippen molar-refractivity contribution >= 4 is 39.6 Å². The average Bonchev–Trinajstić information content (AvgIpc) is 2.88. The van der Waals surface area contributed by atoms with E-state index in [1.807, 2.05) is 24.3 Å². The normalized spacial score (nSPS) is 13.2. The zero-order chi connectivity index (χ0) is 19.9. The third-order valence-corrected chi connectivity index (χ3v) is 6.36. The number of benzene rings is 1. The standard InChI is InChI=1S/C21H26N2O3S2/c1-25-16-10-7-6-8-14(16)12-13-22-21(27)23-19-18(20(24)26-2)15-9-4-3-5-11-17(15)28-19/h6-8,10H,3-5,9,11-13H2,1-2H3,(H2,22,23,27). The SMILES string of the molecule is COC(=O)c1c(NC(=S)NCCc2ccccc2OC)sc2c1CCCCC2. The number of thiocarbonyl (C=S) groups is 1. The molecule has 0 fully saturated rings. The summed E-state index contributed by atoms with van der Waals surface area (Å²) in [7, 11) is 3.10. The fourth-order valence-electron chi connectivity index (χ4n) is 3.52. The summed E-state index contributed by atoms with van der Waals surface area (Å²) in [4.78, 5) is 13.7. The Morgan fingerprint density at radius 3 is 2.75 bits per heavy atom. The summed E-state index contributed by atoms with van der Waals surface area (Å²) in [6.07, 6.45) is 6.19. The minimum Gasteiger partial charge on any atom is -0.496 e. The van der Waals surface area contributed by atoms with Gasteiger partial charge in [0.15, 0.2) is 5.11 Å². The van der Waals surface area contributed by atoms with Gasteiger partial charge >= 0.3 is 5.97 Å². The number of anilines is 1. The lowest BCUT2D eigenvalue weighted by Gasteiger charge is -2.12. The molecular formula is C21H26N2O3S2. The summed E-state index contributed by atoms with van der Waals surface area (Å²) in [5.41, 5.74) is 2.91. The predicted octanol–water partition coefficient (Wildman–Crippen LogP) is 4.34. The molecule has 5 nitrogen and oxygen atoms in total. The van der Waals surface area contributed by atoms with Crippen LogP contribution in [0.15, 0.2) is 24.3 Å². The van der Waals surface area contributed by atoms with Gasteiger partial charge in [0.2, 0.25) is 0 Å². The Kier molecular flexibility index (Phi) is 7.28. The zero-order valence-corrected chi connectivity index (χ0v) is 17.9. The molecule has 0 spiro atoms. The molecule has 2 N–H and O–H groups in total. The topological polar surface area (TPSA) is 59.6 Å². The molecule has 0 aliphatic heterocycles. The first-order valence-corrected chi connectivity index (χ1v) is 10.8. The predicted molar refractivity (Wildman–Crippen MR) is 118 cm³/mol. The maximum absolute atomic E-state index is 12.4. The second kappa shape index (κ2) is 9.89. The molecule has 150 valence electrons. The summed E-state index contributed by atoms with van der Waals surface area (Å²) in [5, 5.41) is 7.75. The molecule has 1 heterocycles. The van der Waals surface area contributed by atoms with Crippen LogP contribution in [-0.2, 0) is 24.0 Å². The van der Waals surface area contributed by atoms with E-state index < -0.39 is 0 Å². The first kappa shape index (κ1) is 20.6. The van der Waals surface area contributed by atoms with E-state index >= 15 is 0 Å². The summed E-state index contributed by atoms with van der Waals surface area (Å²) < 4.78 is 10.4. The molecular weight excluding hydrogens is 392 g/mol. The maximum atomic E-state index is 12.4. The number of carbonyl (C=O) groups excluding carboxylic acids is 1. The maximum Gasteiger partial charge on any atom is 0.341 e. The second-order valence-electron chi connectivity index (χ2n) is 6.70. The van der Waals surface area contributed by atoms with E-state index in [2.05, 4.69) is 10.6 Å². The first-order chi connectivity index (χ1) is 13.6. The Balaban J connectivity index is 1.66. The van der Waals surface area contributed by atoms with E-state index in [0.717, 1.165) is 54.0 Å². The molecule has 0 amide bonds. The number of thiophene rings is 1. The number of fused-ring (bicyclic) bond motifs is 1. The number of hydrogen-bond acceptors (Lipinski definition) is 5. The van der Waals surface area contributed by atoms with Gasteiger partial charge in [-0.15, -0.1) is 11.3 Å². The number of nitrogens with one attached hydrogen (secondary N) is 2. The summed E-state index contributed by atoms with van der Waals surface area (Å²) in [6, 6.07) is 7.95. The number of hydrogen-bond donors (Lipinski definition) is 2. The van der Waals surface area contributed by atoms with Crippen LogP contribution in [0.1, 0.15) is 45.6 Å². The van der Waals surface area contributed by atoms with Crippen molar-refractivity contribution in [2.24, 2.45) is 0 Å². The number of rotatable bonds is 6. The summed E-state index contributed by atoms with van der Waals surface area (Å²) in [6.45, 7) is 0.671. The van der Waals surface area contributed by atoms with E-state index in [-0.39, 0.29) is 5.97 Å². The van der Waals surface area contributed by atoms with Crippen LogP contribution in [0.3, 0.4) is 0 Å². The largest absolute Gasteiger partial charge is 0.496 e. The Bertz CT molecular complexity index is 848. The van der Waals surface area contributed by atoms with Crippen molar-refractivity contribution in [2.75, 3.05) is 26.1 Å². The summed E-state index contributed by atoms with van der Waals surface area (Å²) in [5.74, 6) is 0.580. The van der Waals surface area contributed by atoms with Gasteiger partial charge in [-0.1, -0.05) is 24.6 Å². The van der Waals surface area contributed by atoms with E-state index in [1.165, 1.54) is 18.4 Å². The molecule has 0 unspecified atom stereocenters. The van der Waals surface area contributed by atoms with Crippen molar-refractivity contribution in [3.05, 3.63) is 45.8 Å². The molecule has 0 bridgehead atoms. The van der Waals surface area contributed by atoms with Crippen molar-refractivity contribution in [1.29, 1.82) is 0 Å². The van der Waals surface area contributed by atoms with Gasteiger partial charge in [0.05, 0.1) is 19.8 Å². The number of aryl methyl sites for hydroxylation is 1. The van der Waals surface area contributed by atoms with Crippen LogP contribution in [0, 0.1) is 0 Å². The fraction of sp³-hybridized carbons (Fsp3) is 0.429. The number of carbonyl (C=O) groups is 1. The highest BCUT2D eigenvalue weighted by atomic mass is 32.1. The highest BCUT2D eigenvalue weighted by molar-refractivity contribution is 7.80. The van der Waals surface area contributed by atoms with Crippen molar-refractivity contribution in [3.8, 4) is 5.75 Å². The molecule has 0 radical (unpaired) electrons. The molecule has 1 aromatic heterocycles. The highest BCUT2D eigenvalue weighted by Crippen LogP contribution is 2.37. The number of para-hydroxylation sites is 1. The van der Waals surface area contributed by atoms with Crippen molar-refractivity contribution < 1.29 is 14.3 Å². The molecule has 0 atom stereocenters. The third-order valence-electron chi connectivity index (χ3n) is 4.91. The molecule has 1 aliphatic carbocycles. The lowest BCUT2D eigenvalue weighted by molar-refractivity contribution is 0.0601. The highest BCUT2D eigenvalue weighted by Gasteiger charge is 2.25. The number of ether oxygens (including phenoxy) is 2. The minimum atomic E-state index is -0.293. The Labute approximate surface area is 175 Å². The zero-order valence-electron chi connectivity index (χ0n) is 16.3. The Morgan fingerprint density at radius 2 is 1.96 bits per heavy atom. The molecule has 2 aromatic rings. The van der Waals surface area contributed by atoms with Crippen LogP contribution in [0.25, 0.3) is 0 Å². The Morgan fingerprint density at radius 1 is 1.18 bits per heavy atom. The van der Waals surface area contributed by atoms with E-state index in [9.17, 15) is 4.79 Å². The smallest absolute Gasteiger partial charge is 0.341 e. The van der Waals surface area contributed by atoms with Gasteiger partial charge in [-0.05, 0) is 61.5 Å². The van der Waals surface area contributed by atoms with Gasteiger partial charge in [0.1, 0.15) is 10.8 Å². The van der Waals surface area contributed by atoms with Crippen molar-refractivity contribution in [3.63, 3.8) is 0 Å². The lowest BCUT2D eigenvalue weighted by atomic mass is 10.1. The van der Waals surface area contributed by atoms with Gasteiger partial charge in [0.25, 0.3) is 0 Å². The van der Waals surface area contributed by atoms with Crippen LogP contribution in [0.5, 0.6) is 5.75 Å². The molecule has 0 saturated heterocycles. The van der Waals surface area contributed by atoms with Gasteiger partial charge in [0, 0.05) is 11.4 Å². The van der Waals surface area contributed by atoms with Gasteiger partial charge in [-0.3, -0.25) is 0 Å². The summed E-state index contributed by atoms with van der Waals surface area (Å²) >= 11 is 7.09. The second-order valence-corrected chi connectivity index (χ2v) is 8.22. The van der Waals surface area contributed by atoms with Crippen molar-refractivity contribution in [2.45, 2.75) is 38.5 Å². The molecule has 3 rings (SSSR count). The van der Waals surface area contributed by atoms with Gasteiger partial charge < -0.3 is 20.1 Å².